The van der Waals surface area contributed by atoms with E-state index < -0.39 is 12.6 Å². The lowest BCUT2D eigenvalue weighted by Crippen LogP contribution is -2.31. The first-order chi connectivity index (χ1) is 9.92. The Morgan fingerprint density at radius 2 is 2.14 bits per heavy atom. The number of nitrogens with zero attached hydrogens (tertiary/aromatic N) is 1. The Balaban J connectivity index is 1.95. The van der Waals surface area contributed by atoms with Gasteiger partial charge in [0.25, 0.3) is 0 Å². The molecule has 1 amide bonds. The summed E-state index contributed by atoms with van der Waals surface area (Å²) >= 11 is 1.54. The van der Waals surface area contributed by atoms with E-state index in [-0.39, 0.29) is 24.5 Å². The number of alkyl halides is 3. The normalized spacial score (nSPS) is 23.0. The number of nitrogens with one attached hydrogen (secondary N) is 1. The molecule has 0 bridgehead atoms. The van der Waals surface area contributed by atoms with E-state index in [4.69, 9.17) is 0 Å². The molecule has 0 spiro atoms. The summed E-state index contributed by atoms with van der Waals surface area (Å²) in [5, 5.41) is 7.16. The molecule has 2 atom stereocenters. The third-order valence-electron chi connectivity index (χ3n) is 3.63. The SMILES string of the molecule is CCC1NC(c2ccsc2)N(CCCCC(F)(F)F)C1=O. The van der Waals surface area contributed by atoms with Crippen LogP contribution in [0.5, 0.6) is 0 Å². The molecule has 2 unspecified atom stereocenters. The Morgan fingerprint density at radius 3 is 2.71 bits per heavy atom. The molecule has 1 N–H and O–H groups in total. The molecule has 3 nitrogen and oxygen atoms in total. The number of carbonyl (C=O) groups excluding carboxylic acids is 1. The van der Waals surface area contributed by atoms with Gasteiger partial charge in [-0.2, -0.15) is 24.5 Å². The summed E-state index contributed by atoms with van der Waals surface area (Å²) in [6.45, 7) is 2.28. The van der Waals surface area contributed by atoms with Crippen LogP contribution in [0.15, 0.2) is 16.8 Å². The van der Waals surface area contributed by atoms with Gasteiger partial charge in [0.2, 0.25) is 5.91 Å². The average molecular weight is 320 g/mol. The summed E-state index contributed by atoms with van der Waals surface area (Å²) in [6.07, 6.45) is -4.02. The van der Waals surface area contributed by atoms with E-state index in [1.54, 1.807) is 16.2 Å². The van der Waals surface area contributed by atoms with Crippen LogP contribution in [0.3, 0.4) is 0 Å². The molecule has 7 heteroatoms. The Kier molecular flexibility index (Phi) is 5.27. The number of hydrogen-bond acceptors (Lipinski definition) is 3. The zero-order chi connectivity index (χ0) is 15.5. The first kappa shape index (κ1) is 16.3. The van der Waals surface area contributed by atoms with Crippen molar-refractivity contribution < 1.29 is 18.0 Å². The van der Waals surface area contributed by atoms with Gasteiger partial charge >= 0.3 is 6.18 Å². The fourth-order valence-electron chi connectivity index (χ4n) is 2.53. The number of thiophene rings is 1. The smallest absolute Gasteiger partial charge is 0.322 e. The molecular weight excluding hydrogens is 301 g/mol. The maximum Gasteiger partial charge on any atom is 0.389 e. The highest BCUT2D eigenvalue weighted by molar-refractivity contribution is 7.07. The molecule has 0 aliphatic carbocycles. The molecule has 118 valence electrons. The van der Waals surface area contributed by atoms with Gasteiger partial charge in [0.05, 0.1) is 6.04 Å². The van der Waals surface area contributed by atoms with E-state index in [2.05, 4.69) is 5.32 Å². The number of hydrogen-bond donors (Lipinski definition) is 1. The first-order valence-corrected chi connectivity index (χ1v) is 8.02. The number of unbranched alkanes of at least 4 members (excludes halogenated alkanes) is 1. The number of carbonyl (C=O) groups is 1. The zero-order valence-electron chi connectivity index (χ0n) is 11.8. The lowest BCUT2D eigenvalue weighted by atomic mass is 10.2. The van der Waals surface area contributed by atoms with Gasteiger partial charge in [0, 0.05) is 13.0 Å². The van der Waals surface area contributed by atoms with E-state index in [1.807, 2.05) is 23.8 Å². The van der Waals surface area contributed by atoms with Gasteiger partial charge < -0.3 is 4.90 Å². The van der Waals surface area contributed by atoms with Crippen LogP contribution in [0.1, 0.15) is 44.3 Å². The van der Waals surface area contributed by atoms with Crippen LogP contribution in [0.2, 0.25) is 0 Å². The Bertz CT molecular complexity index is 461. The molecule has 1 saturated heterocycles. The van der Waals surface area contributed by atoms with E-state index in [9.17, 15) is 18.0 Å². The van der Waals surface area contributed by atoms with Crippen LogP contribution in [0, 0.1) is 0 Å². The molecule has 1 aliphatic heterocycles. The highest BCUT2D eigenvalue weighted by Gasteiger charge is 2.38. The second-order valence-corrected chi connectivity index (χ2v) is 5.97. The van der Waals surface area contributed by atoms with E-state index in [0.717, 1.165) is 5.56 Å². The van der Waals surface area contributed by atoms with Crippen LogP contribution in [-0.4, -0.2) is 29.6 Å². The molecule has 1 aromatic rings. The van der Waals surface area contributed by atoms with Gasteiger partial charge in [-0.25, -0.2) is 0 Å². The summed E-state index contributed by atoms with van der Waals surface area (Å²) in [6, 6.07) is 1.70. The monoisotopic (exact) mass is 320 g/mol. The molecule has 21 heavy (non-hydrogen) atoms. The summed E-state index contributed by atoms with van der Waals surface area (Å²) in [5.41, 5.74) is 1.00. The van der Waals surface area contributed by atoms with Crippen LogP contribution < -0.4 is 5.32 Å². The highest BCUT2D eigenvalue weighted by Crippen LogP contribution is 2.29. The second-order valence-electron chi connectivity index (χ2n) is 5.19. The summed E-state index contributed by atoms with van der Waals surface area (Å²) in [4.78, 5) is 14.0. The summed E-state index contributed by atoms with van der Waals surface area (Å²) in [5.74, 6) is -0.0132. The van der Waals surface area contributed by atoms with E-state index in [0.29, 0.717) is 19.4 Å². The maximum absolute atomic E-state index is 12.3. The summed E-state index contributed by atoms with van der Waals surface area (Å²) in [7, 11) is 0. The quantitative estimate of drug-likeness (QED) is 0.811. The van der Waals surface area contributed by atoms with Crippen LogP contribution in [0.4, 0.5) is 13.2 Å². The van der Waals surface area contributed by atoms with Crippen molar-refractivity contribution in [1.29, 1.82) is 0 Å². The van der Waals surface area contributed by atoms with Crippen molar-refractivity contribution in [2.45, 2.75) is 51.0 Å². The predicted molar refractivity (Wildman–Crippen MR) is 75.9 cm³/mol. The van der Waals surface area contributed by atoms with Gasteiger partial charge in [0.1, 0.15) is 6.17 Å². The van der Waals surface area contributed by atoms with Crippen molar-refractivity contribution in [3.05, 3.63) is 22.4 Å². The van der Waals surface area contributed by atoms with Crippen molar-refractivity contribution in [2.24, 2.45) is 0 Å². The fourth-order valence-corrected chi connectivity index (χ4v) is 3.20. The number of rotatable bonds is 6. The van der Waals surface area contributed by atoms with Gasteiger partial charge in [-0.15, -0.1) is 0 Å². The van der Waals surface area contributed by atoms with Crippen molar-refractivity contribution in [2.75, 3.05) is 6.54 Å². The summed E-state index contributed by atoms with van der Waals surface area (Å²) < 4.78 is 36.5. The fraction of sp³-hybridized carbons (Fsp3) is 0.643. The van der Waals surface area contributed by atoms with Crippen LogP contribution in [-0.2, 0) is 4.79 Å². The zero-order valence-corrected chi connectivity index (χ0v) is 12.6. The topological polar surface area (TPSA) is 32.3 Å². The lowest BCUT2D eigenvalue weighted by molar-refractivity contribution is -0.136. The molecule has 2 rings (SSSR count). The molecule has 1 aliphatic rings. The highest BCUT2D eigenvalue weighted by atomic mass is 32.1. The lowest BCUT2D eigenvalue weighted by Gasteiger charge is -2.23. The van der Waals surface area contributed by atoms with Gasteiger partial charge in [-0.1, -0.05) is 6.92 Å². The molecule has 0 saturated carbocycles. The standard InChI is InChI=1S/C14H19F3N2OS/c1-2-11-13(20)19(7-4-3-6-14(15,16)17)12(18-11)10-5-8-21-9-10/h5,8-9,11-12,18H,2-4,6-7H2,1H3. The number of amides is 1. The van der Waals surface area contributed by atoms with Crippen molar-refractivity contribution in [1.82, 2.24) is 10.2 Å². The van der Waals surface area contributed by atoms with Crippen molar-refractivity contribution in [3.8, 4) is 0 Å². The minimum absolute atomic E-state index is 0.0132. The predicted octanol–water partition coefficient (Wildman–Crippen LogP) is 3.69. The first-order valence-electron chi connectivity index (χ1n) is 7.07. The van der Waals surface area contributed by atoms with Gasteiger partial charge in [-0.05, 0) is 41.7 Å². The molecular formula is C14H19F3N2OS. The molecule has 1 aromatic heterocycles. The van der Waals surface area contributed by atoms with Crippen molar-refractivity contribution in [3.63, 3.8) is 0 Å². The Labute approximate surface area is 126 Å². The van der Waals surface area contributed by atoms with E-state index in [1.165, 1.54) is 0 Å². The molecule has 0 radical (unpaired) electrons. The third kappa shape index (κ3) is 4.20. The van der Waals surface area contributed by atoms with Gasteiger partial charge in [0.15, 0.2) is 0 Å². The molecule has 1 fully saturated rings. The number of halogens is 3. The minimum atomic E-state index is -4.12. The Morgan fingerprint density at radius 1 is 1.38 bits per heavy atom. The largest absolute Gasteiger partial charge is 0.389 e. The average Bonchev–Trinajstić information content (AvgIpc) is 3.02. The van der Waals surface area contributed by atoms with Crippen LogP contribution in [0.25, 0.3) is 0 Å². The van der Waals surface area contributed by atoms with E-state index >= 15 is 0 Å². The second kappa shape index (κ2) is 6.79. The third-order valence-corrected chi connectivity index (χ3v) is 4.33. The maximum atomic E-state index is 12.3. The Hall–Kier alpha value is -1.08. The van der Waals surface area contributed by atoms with Crippen LogP contribution >= 0.6 is 11.3 Å². The molecule has 0 aromatic carbocycles. The van der Waals surface area contributed by atoms with Gasteiger partial charge in [-0.3, -0.25) is 10.1 Å². The van der Waals surface area contributed by atoms with Crippen molar-refractivity contribution >= 4 is 17.2 Å². The molecule has 2 heterocycles. The minimum Gasteiger partial charge on any atom is -0.322 e.